The van der Waals surface area contributed by atoms with Crippen molar-refractivity contribution in [3.8, 4) is 17.6 Å². The van der Waals surface area contributed by atoms with Crippen LogP contribution in [0.25, 0.3) is 0 Å². The Morgan fingerprint density at radius 2 is 2.10 bits per heavy atom. The number of likely N-dealkylation sites (tertiary alicyclic amines) is 1. The molecule has 1 aliphatic heterocycles. The van der Waals surface area contributed by atoms with Gasteiger partial charge in [-0.15, -0.1) is 0 Å². The standard InChI is InChI=1S/C16H20N2O3/c1-12-5-7-18(8-6-12)16(19)11-21-14-4-3-13(10-17)9-15(14)20-2/h3-4,9,12H,5-8,11H2,1-2H3. The zero-order valence-electron chi connectivity index (χ0n) is 12.5. The van der Waals surface area contributed by atoms with Gasteiger partial charge in [-0.25, -0.2) is 0 Å². The lowest BCUT2D eigenvalue weighted by molar-refractivity contribution is -0.134. The largest absolute Gasteiger partial charge is 0.493 e. The first-order valence-corrected chi connectivity index (χ1v) is 7.12. The molecule has 1 saturated heterocycles. The number of piperidine rings is 1. The van der Waals surface area contributed by atoms with E-state index in [-0.39, 0.29) is 12.5 Å². The lowest BCUT2D eigenvalue weighted by Crippen LogP contribution is -2.40. The molecule has 0 N–H and O–H groups in total. The van der Waals surface area contributed by atoms with Gasteiger partial charge in [-0.05, 0) is 30.9 Å². The molecule has 5 nitrogen and oxygen atoms in total. The minimum atomic E-state index is -0.00619. The molecule has 1 aromatic carbocycles. The maximum absolute atomic E-state index is 12.1. The molecular weight excluding hydrogens is 268 g/mol. The number of ether oxygens (including phenoxy) is 2. The maximum Gasteiger partial charge on any atom is 0.260 e. The van der Waals surface area contributed by atoms with Gasteiger partial charge in [-0.3, -0.25) is 4.79 Å². The Morgan fingerprint density at radius 3 is 2.71 bits per heavy atom. The Kier molecular flexibility index (Phi) is 5.04. The first kappa shape index (κ1) is 15.2. The topological polar surface area (TPSA) is 62.6 Å². The van der Waals surface area contributed by atoms with E-state index < -0.39 is 0 Å². The number of hydrogen-bond donors (Lipinski definition) is 0. The summed E-state index contributed by atoms with van der Waals surface area (Å²) in [5.41, 5.74) is 0.496. The Hall–Kier alpha value is -2.22. The highest BCUT2D eigenvalue weighted by Crippen LogP contribution is 2.28. The zero-order chi connectivity index (χ0) is 15.2. The summed E-state index contributed by atoms with van der Waals surface area (Å²) in [5.74, 6) is 1.63. The van der Waals surface area contributed by atoms with Crippen LogP contribution in [0, 0.1) is 17.2 Å². The fourth-order valence-electron chi connectivity index (χ4n) is 2.35. The van der Waals surface area contributed by atoms with Crippen LogP contribution >= 0.6 is 0 Å². The van der Waals surface area contributed by atoms with E-state index in [1.807, 2.05) is 11.0 Å². The molecule has 1 fully saturated rings. The molecule has 2 rings (SSSR count). The minimum Gasteiger partial charge on any atom is -0.493 e. The monoisotopic (exact) mass is 288 g/mol. The summed E-state index contributed by atoms with van der Waals surface area (Å²) >= 11 is 0. The number of methoxy groups -OCH3 is 1. The van der Waals surface area contributed by atoms with E-state index in [2.05, 4.69) is 6.92 Å². The van der Waals surface area contributed by atoms with Crippen molar-refractivity contribution in [2.45, 2.75) is 19.8 Å². The highest BCUT2D eigenvalue weighted by Gasteiger charge is 2.20. The van der Waals surface area contributed by atoms with Crippen molar-refractivity contribution < 1.29 is 14.3 Å². The number of benzene rings is 1. The smallest absolute Gasteiger partial charge is 0.260 e. The van der Waals surface area contributed by atoms with Crippen LogP contribution in [0.4, 0.5) is 0 Å². The van der Waals surface area contributed by atoms with Gasteiger partial charge in [0.25, 0.3) is 5.91 Å². The number of carbonyl (C=O) groups is 1. The minimum absolute atomic E-state index is 0.00333. The lowest BCUT2D eigenvalue weighted by Gasteiger charge is -2.30. The third-order valence-corrected chi connectivity index (χ3v) is 3.78. The zero-order valence-corrected chi connectivity index (χ0v) is 12.5. The summed E-state index contributed by atoms with van der Waals surface area (Å²) in [6.45, 7) is 3.80. The molecule has 5 heteroatoms. The van der Waals surface area contributed by atoms with Gasteiger partial charge in [0.15, 0.2) is 18.1 Å². The van der Waals surface area contributed by atoms with Gasteiger partial charge in [-0.2, -0.15) is 5.26 Å². The van der Waals surface area contributed by atoms with E-state index in [1.165, 1.54) is 7.11 Å². The van der Waals surface area contributed by atoms with Gasteiger partial charge in [0, 0.05) is 19.2 Å². The molecule has 1 aromatic rings. The van der Waals surface area contributed by atoms with Gasteiger partial charge < -0.3 is 14.4 Å². The molecule has 112 valence electrons. The summed E-state index contributed by atoms with van der Waals surface area (Å²) in [7, 11) is 1.51. The summed E-state index contributed by atoms with van der Waals surface area (Å²) in [6, 6.07) is 6.94. The first-order valence-electron chi connectivity index (χ1n) is 7.12. The van der Waals surface area contributed by atoms with Gasteiger partial charge in [0.1, 0.15) is 0 Å². The summed E-state index contributed by atoms with van der Waals surface area (Å²) in [5, 5.41) is 8.85. The van der Waals surface area contributed by atoms with E-state index in [9.17, 15) is 4.79 Å². The molecule has 0 spiro atoms. The molecule has 0 aromatic heterocycles. The number of carbonyl (C=O) groups excluding carboxylic acids is 1. The highest BCUT2D eigenvalue weighted by molar-refractivity contribution is 5.78. The molecule has 1 aliphatic rings. The van der Waals surface area contributed by atoms with Crippen molar-refractivity contribution in [1.29, 1.82) is 5.26 Å². The molecule has 1 amide bonds. The van der Waals surface area contributed by atoms with Crippen molar-refractivity contribution in [3.05, 3.63) is 23.8 Å². The predicted octanol–water partition coefficient (Wildman–Crippen LogP) is 2.20. The first-order chi connectivity index (χ1) is 10.1. The molecular formula is C16H20N2O3. The van der Waals surface area contributed by atoms with Crippen LogP contribution in [0.15, 0.2) is 18.2 Å². The number of rotatable bonds is 4. The second-order valence-corrected chi connectivity index (χ2v) is 5.33. The van der Waals surface area contributed by atoms with Crippen molar-refractivity contribution in [1.82, 2.24) is 4.90 Å². The average Bonchev–Trinajstić information content (AvgIpc) is 2.53. The normalized spacial score (nSPS) is 15.4. The molecule has 0 unspecified atom stereocenters. The Balaban J connectivity index is 1.93. The van der Waals surface area contributed by atoms with Gasteiger partial charge in [0.2, 0.25) is 0 Å². The van der Waals surface area contributed by atoms with Crippen LogP contribution in [0.2, 0.25) is 0 Å². The molecule has 21 heavy (non-hydrogen) atoms. The second kappa shape index (κ2) is 6.98. The lowest BCUT2D eigenvalue weighted by atomic mass is 9.99. The van der Waals surface area contributed by atoms with Crippen LogP contribution < -0.4 is 9.47 Å². The van der Waals surface area contributed by atoms with Gasteiger partial charge in [0.05, 0.1) is 18.7 Å². The van der Waals surface area contributed by atoms with E-state index in [0.717, 1.165) is 25.9 Å². The van der Waals surface area contributed by atoms with Crippen molar-refractivity contribution in [2.75, 3.05) is 26.8 Å². The van der Waals surface area contributed by atoms with Gasteiger partial charge in [-0.1, -0.05) is 6.92 Å². The third kappa shape index (κ3) is 3.88. The number of nitriles is 1. The van der Waals surface area contributed by atoms with Crippen molar-refractivity contribution in [2.24, 2.45) is 5.92 Å². The van der Waals surface area contributed by atoms with E-state index in [0.29, 0.717) is 23.0 Å². The fourth-order valence-corrected chi connectivity index (χ4v) is 2.35. The van der Waals surface area contributed by atoms with Crippen LogP contribution in [0.5, 0.6) is 11.5 Å². The maximum atomic E-state index is 12.1. The van der Waals surface area contributed by atoms with E-state index in [1.54, 1.807) is 18.2 Å². The van der Waals surface area contributed by atoms with Crippen LogP contribution in [0.1, 0.15) is 25.3 Å². The molecule has 0 radical (unpaired) electrons. The van der Waals surface area contributed by atoms with Crippen molar-refractivity contribution >= 4 is 5.91 Å². The predicted molar refractivity (Wildman–Crippen MR) is 78.2 cm³/mol. The second-order valence-electron chi connectivity index (χ2n) is 5.33. The highest BCUT2D eigenvalue weighted by atomic mass is 16.5. The molecule has 0 aliphatic carbocycles. The van der Waals surface area contributed by atoms with E-state index >= 15 is 0 Å². The Bertz CT molecular complexity index is 543. The molecule has 0 saturated carbocycles. The van der Waals surface area contributed by atoms with E-state index in [4.69, 9.17) is 14.7 Å². The van der Waals surface area contributed by atoms with Crippen LogP contribution in [0.3, 0.4) is 0 Å². The summed E-state index contributed by atoms with van der Waals surface area (Å²) < 4.78 is 10.7. The SMILES string of the molecule is COc1cc(C#N)ccc1OCC(=O)N1CCC(C)CC1. The molecule has 1 heterocycles. The quantitative estimate of drug-likeness (QED) is 0.852. The Labute approximate surface area is 125 Å². The van der Waals surface area contributed by atoms with Crippen LogP contribution in [-0.4, -0.2) is 37.6 Å². The number of hydrogen-bond acceptors (Lipinski definition) is 4. The summed E-state index contributed by atoms with van der Waals surface area (Å²) in [4.78, 5) is 14.0. The van der Waals surface area contributed by atoms with Crippen molar-refractivity contribution in [3.63, 3.8) is 0 Å². The Morgan fingerprint density at radius 1 is 1.38 bits per heavy atom. The van der Waals surface area contributed by atoms with Crippen LogP contribution in [-0.2, 0) is 4.79 Å². The molecule has 0 atom stereocenters. The van der Waals surface area contributed by atoms with Gasteiger partial charge >= 0.3 is 0 Å². The number of nitrogens with zero attached hydrogens (tertiary/aromatic N) is 2. The third-order valence-electron chi connectivity index (χ3n) is 3.78. The fraction of sp³-hybridized carbons (Fsp3) is 0.500. The molecule has 0 bridgehead atoms. The average molecular weight is 288 g/mol. The number of amides is 1. The summed E-state index contributed by atoms with van der Waals surface area (Å²) in [6.07, 6.45) is 2.10.